The van der Waals surface area contributed by atoms with Gasteiger partial charge < -0.3 is 14.8 Å². The van der Waals surface area contributed by atoms with Crippen molar-refractivity contribution < 1.29 is 15.0 Å². The van der Waals surface area contributed by atoms with Crippen molar-refractivity contribution in [2.45, 2.75) is 26.3 Å². The Kier molecular flexibility index (Phi) is 5.30. The molecule has 0 saturated carbocycles. The second-order valence-electron chi connectivity index (χ2n) is 6.85. The highest BCUT2D eigenvalue weighted by molar-refractivity contribution is 6.09. The van der Waals surface area contributed by atoms with Crippen LogP contribution in [0.3, 0.4) is 0 Å². The number of hydrogen-bond donors (Lipinski definition) is 3. The summed E-state index contributed by atoms with van der Waals surface area (Å²) in [5.74, 6) is 0.127. The number of nitrogens with one attached hydrogen (secondary N) is 1. The number of aryl methyl sites for hydroxylation is 1. The summed E-state index contributed by atoms with van der Waals surface area (Å²) < 4.78 is 1.79. The molecule has 0 unspecified atom stereocenters. The number of hydrogen-bond acceptors (Lipinski definition) is 6. The zero-order valence-corrected chi connectivity index (χ0v) is 16.4. The summed E-state index contributed by atoms with van der Waals surface area (Å²) in [5.41, 5.74) is 6.14. The predicted octanol–water partition coefficient (Wildman–Crippen LogP) is 3.14. The highest BCUT2D eigenvalue weighted by atomic mass is 16.3. The maximum atomic E-state index is 11.4. The van der Waals surface area contributed by atoms with E-state index in [2.05, 4.69) is 20.7 Å². The Morgan fingerprint density at radius 3 is 2.67 bits per heavy atom. The van der Waals surface area contributed by atoms with Gasteiger partial charge in [-0.15, -0.1) is 0 Å². The molecule has 1 aliphatic heterocycles. The van der Waals surface area contributed by atoms with Crippen molar-refractivity contribution in [1.82, 2.24) is 9.99 Å². The second-order valence-corrected chi connectivity index (χ2v) is 6.85. The lowest BCUT2D eigenvalue weighted by atomic mass is 10.0. The summed E-state index contributed by atoms with van der Waals surface area (Å²) in [4.78, 5) is 11.4. The molecule has 0 bridgehead atoms. The number of fused-ring (bicyclic) bond motifs is 1. The fourth-order valence-corrected chi connectivity index (χ4v) is 3.46. The standard InChI is InChI=1S/C22H21N5O3/c1-2-27-19-9-7-14(18-8-10-21(29)26-25-18)11-16(19)17(22(27)30)13-24-23-12-15-5-3-4-6-20(15)28/h3-7,9,11-13,28,30H,2,8,10H2,1H3,(H,26,29)/b23-12+,24-13+. The van der Waals surface area contributed by atoms with Crippen LogP contribution in [0.2, 0.25) is 0 Å². The van der Waals surface area contributed by atoms with Crippen molar-refractivity contribution in [2.75, 3.05) is 0 Å². The number of aromatic nitrogens is 1. The molecule has 8 nitrogen and oxygen atoms in total. The van der Waals surface area contributed by atoms with Crippen LogP contribution in [-0.2, 0) is 11.3 Å². The lowest BCUT2D eigenvalue weighted by Crippen LogP contribution is -2.25. The Morgan fingerprint density at radius 1 is 1.13 bits per heavy atom. The minimum atomic E-state index is -0.0928. The number of benzene rings is 2. The van der Waals surface area contributed by atoms with E-state index in [9.17, 15) is 15.0 Å². The van der Waals surface area contributed by atoms with Gasteiger partial charge >= 0.3 is 0 Å². The molecule has 152 valence electrons. The summed E-state index contributed by atoms with van der Waals surface area (Å²) in [6, 6.07) is 12.6. The van der Waals surface area contributed by atoms with Gasteiger partial charge in [0.05, 0.1) is 29.2 Å². The zero-order valence-electron chi connectivity index (χ0n) is 16.4. The first kappa shape index (κ1) is 19.4. The molecule has 0 atom stereocenters. The van der Waals surface area contributed by atoms with Gasteiger partial charge in [-0.25, -0.2) is 5.43 Å². The highest BCUT2D eigenvalue weighted by Crippen LogP contribution is 2.31. The van der Waals surface area contributed by atoms with Crippen LogP contribution in [0, 0.1) is 0 Å². The zero-order chi connectivity index (χ0) is 21.1. The Bertz CT molecular complexity index is 1210. The van der Waals surface area contributed by atoms with E-state index in [0.29, 0.717) is 30.5 Å². The number of carbonyl (C=O) groups is 1. The van der Waals surface area contributed by atoms with E-state index >= 15 is 0 Å². The highest BCUT2D eigenvalue weighted by Gasteiger charge is 2.18. The fraction of sp³-hybridized carbons (Fsp3) is 0.182. The molecule has 0 radical (unpaired) electrons. The first-order valence-electron chi connectivity index (χ1n) is 9.64. The predicted molar refractivity (Wildman–Crippen MR) is 116 cm³/mol. The molecule has 1 aromatic heterocycles. The fourth-order valence-electron chi connectivity index (χ4n) is 3.46. The molecule has 30 heavy (non-hydrogen) atoms. The summed E-state index contributed by atoms with van der Waals surface area (Å²) in [6.45, 7) is 2.54. The van der Waals surface area contributed by atoms with E-state index < -0.39 is 0 Å². The van der Waals surface area contributed by atoms with Gasteiger partial charge in [-0.3, -0.25) is 4.79 Å². The summed E-state index contributed by atoms with van der Waals surface area (Å²) in [7, 11) is 0. The maximum Gasteiger partial charge on any atom is 0.240 e. The number of carbonyl (C=O) groups excluding carboxylic acids is 1. The number of rotatable bonds is 5. The molecule has 1 aliphatic rings. The van der Waals surface area contributed by atoms with Gasteiger partial charge in [0.15, 0.2) is 0 Å². The normalized spacial score (nSPS) is 14.6. The Hall–Kier alpha value is -3.94. The van der Waals surface area contributed by atoms with E-state index in [4.69, 9.17) is 0 Å². The van der Waals surface area contributed by atoms with Gasteiger partial charge in [-0.2, -0.15) is 15.3 Å². The van der Waals surface area contributed by atoms with Crippen LogP contribution in [0.4, 0.5) is 0 Å². The molecule has 2 heterocycles. The average Bonchev–Trinajstić information content (AvgIpc) is 3.03. The summed E-state index contributed by atoms with van der Waals surface area (Å²) in [6.07, 6.45) is 3.90. The molecule has 0 saturated heterocycles. The van der Waals surface area contributed by atoms with Crippen LogP contribution < -0.4 is 5.43 Å². The number of phenolic OH excluding ortho intramolecular Hbond substituents is 1. The number of hydrazone groups is 1. The van der Waals surface area contributed by atoms with Gasteiger partial charge in [0.1, 0.15) is 5.75 Å². The quantitative estimate of drug-likeness (QED) is 0.449. The number of aromatic hydroxyl groups is 2. The molecule has 8 heteroatoms. The van der Waals surface area contributed by atoms with Crippen molar-refractivity contribution in [3.63, 3.8) is 0 Å². The van der Waals surface area contributed by atoms with Crippen molar-refractivity contribution in [3.05, 3.63) is 59.2 Å². The molecule has 2 aromatic carbocycles. The van der Waals surface area contributed by atoms with Gasteiger partial charge in [-0.05, 0) is 36.8 Å². The van der Waals surface area contributed by atoms with Gasteiger partial charge in [0.25, 0.3) is 0 Å². The molecule has 0 fully saturated rings. The third-order valence-electron chi connectivity index (χ3n) is 5.02. The Labute approximate surface area is 172 Å². The second kappa shape index (κ2) is 8.20. The third-order valence-corrected chi connectivity index (χ3v) is 5.02. The van der Waals surface area contributed by atoms with Crippen molar-refractivity contribution >= 4 is 35.0 Å². The number of amides is 1. The van der Waals surface area contributed by atoms with E-state index in [-0.39, 0.29) is 17.5 Å². The summed E-state index contributed by atoms with van der Waals surface area (Å²) >= 11 is 0. The molecule has 1 amide bonds. The van der Waals surface area contributed by atoms with E-state index in [1.165, 1.54) is 12.4 Å². The van der Waals surface area contributed by atoms with Crippen LogP contribution in [0.15, 0.2) is 57.8 Å². The van der Waals surface area contributed by atoms with E-state index in [0.717, 1.165) is 22.2 Å². The molecule has 4 rings (SSSR count). The van der Waals surface area contributed by atoms with Crippen molar-refractivity contribution in [2.24, 2.45) is 15.3 Å². The lowest BCUT2D eigenvalue weighted by molar-refractivity contribution is -0.121. The molecule has 0 spiro atoms. The summed E-state index contributed by atoms with van der Waals surface area (Å²) in [5, 5.41) is 33.5. The largest absolute Gasteiger partial charge is 0.507 e. The number of phenols is 1. The smallest absolute Gasteiger partial charge is 0.240 e. The molecule has 3 aromatic rings. The van der Waals surface area contributed by atoms with Gasteiger partial charge in [0.2, 0.25) is 11.8 Å². The topological polar surface area (TPSA) is 112 Å². The number of nitrogens with zero attached hydrogens (tertiary/aromatic N) is 4. The molecule has 3 N–H and O–H groups in total. The minimum Gasteiger partial charge on any atom is -0.507 e. The van der Waals surface area contributed by atoms with Crippen LogP contribution in [0.25, 0.3) is 10.9 Å². The van der Waals surface area contributed by atoms with E-state index in [1.807, 2.05) is 25.1 Å². The van der Waals surface area contributed by atoms with Crippen LogP contribution in [0.1, 0.15) is 36.5 Å². The number of para-hydroxylation sites is 1. The van der Waals surface area contributed by atoms with Crippen molar-refractivity contribution in [1.29, 1.82) is 0 Å². The van der Waals surface area contributed by atoms with E-state index in [1.54, 1.807) is 28.8 Å². The average molecular weight is 403 g/mol. The SMILES string of the molecule is CCn1c(O)c(/C=N/N=C/c2ccccc2O)c2cc(C3=NNC(=O)CC3)ccc21. The molecular formula is C22H21N5O3. The van der Waals surface area contributed by atoms with Crippen molar-refractivity contribution in [3.8, 4) is 11.6 Å². The van der Waals surface area contributed by atoms with Gasteiger partial charge in [0, 0.05) is 30.3 Å². The molecule has 0 aliphatic carbocycles. The van der Waals surface area contributed by atoms with Crippen LogP contribution >= 0.6 is 0 Å². The van der Waals surface area contributed by atoms with Gasteiger partial charge in [-0.1, -0.05) is 18.2 Å². The molecular weight excluding hydrogens is 382 g/mol. The van der Waals surface area contributed by atoms with Crippen LogP contribution in [-0.4, -0.2) is 38.8 Å². The minimum absolute atomic E-state index is 0.0928. The third kappa shape index (κ3) is 3.67. The van der Waals surface area contributed by atoms with Crippen LogP contribution in [0.5, 0.6) is 11.6 Å². The monoisotopic (exact) mass is 403 g/mol. The maximum absolute atomic E-state index is 11.4. The lowest BCUT2D eigenvalue weighted by Gasteiger charge is -2.12. The Morgan fingerprint density at radius 2 is 1.93 bits per heavy atom. The Balaban J connectivity index is 1.71. The first-order chi connectivity index (χ1) is 14.6. The first-order valence-corrected chi connectivity index (χ1v) is 9.64.